The second-order valence-corrected chi connectivity index (χ2v) is 15.0. The van der Waals surface area contributed by atoms with Gasteiger partial charge in [-0.2, -0.15) is 20.5 Å². The van der Waals surface area contributed by atoms with E-state index in [1.807, 2.05) is 88.4 Å². The smallest absolute Gasteiger partial charge is 0.133 e. The third kappa shape index (κ3) is 18.8. The highest BCUT2D eigenvalue weighted by molar-refractivity contribution is 5.93. The van der Waals surface area contributed by atoms with Gasteiger partial charge < -0.3 is 33.1 Å². The first-order valence-corrected chi connectivity index (χ1v) is 18.0. The average Bonchev–Trinajstić information content (AvgIpc) is 3.17. The number of phenolic OH excluding ortho intramolecular Hbond substituents is 2. The van der Waals surface area contributed by atoms with Crippen LogP contribution in [0.25, 0.3) is 0 Å². The topological polar surface area (TPSA) is 243 Å². The van der Waals surface area contributed by atoms with Gasteiger partial charge in [0.05, 0.1) is 24.5 Å². The van der Waals surface area contributed by atoms with Crippen molar-refractivity contribution in [3.63, 3.8) is 0 Å². The molecule has 0 bridgehead atoms. The number of nitrogens with two attached hydrogens (primary N) is 4. The fourth-order valence-electron chi connectivity index (χ4n) is 4.22. The Hall–Kier alpha value is -5.28. The van der Waals surface area contributed by atoms with Crippen LogP contribution < -0.4 is 22.9 Å². The van der Waals surface area contributed by atoms with Gasteiger partial charge >= 0.3 is 0 Å². The summed E-state index contributed by atoms with van der Waals surface area (Å²) in [6.07, 6.45) is 0. The van der Waals surface area contributed by atoms with Crippen molar-refractivity contribution in [3.8, 4) is 11.5 Å². The van der Waals surface area contributed by atoms with E-state index in [4.69, 9.17) is 22.9 Å². The molecule has 60 heavy (non-hydrogen) atoms. The van der Waals surface area contributed by atoms with Gasteiger partial charge in [0.25, 0.3) is 0 Å². The molecule has 0 radical (unpaired) electrons. The molecular weight excluding hydrogens is 846 g/mol. The van der Waals surface area contributed by atoms with Crippen LogP contribution >= 0.6 is 49.6 Å². The molecule has 4 rings (SSSR count). The van der Waals surface area contributed by atoms with Crippen LogP contribution in [0.1, 0.15) is 66.5 Å². The van der Waals surface area contributed by atoms with Crippen LogP contribution in [0.5, 0.6) is 11.5 Å². The van der Waals surface area contributed by atoms with Crippen molar-refractivity contribution < 1.29 is 10.2 Å². The zero-order valence-electron chi connectivity index (χ0n) is 35.2. The Labute approximate surface area is 378 Å². The third-order valence-electron chi connectivity index (χ3n) is 8.36. The molecule has 4 aromatic carbocycles. The first-order valence-electron chi connectivity index (χ1n) is 18.0. The largest absolute Gasteiger partial charge is 0.508 e. The predicted octanol–water partition coefficient (Wildman–Crippen LogP) is 9.58. The molecule has 0 saturated heterocycles. The number of aliphatic imine (C=N–C) groups is 4. The summed E-state index contributed by atoms with van der Waals surface area (Å²) in [6.45, 7) is 15.7. The van der Waals surface area contributed by atoms with Crippen molar-refractivity contribution in [1.29, 1.82) is 0 Å². The first kappa shape index (κ1) is 56.8. The molecule has 0 atom stereocenters. The molecule has 0 aromatic heterocycles. The van der Waals surface area contributed by atoms with Crippen LogP contribution in [0.4, 0.5) is 11.4 Å². The SMILES string of the molecule is CC(C)(N=NC(C)(C)C(N)=NCc1ccccc1)C(N)=NCc1ccccc1.CC(C)(N=NC(C)(C)C(N)=Nc1ccc(O)cc1)C(N)=Nc1ccc(O)cc1.Cl.Cl.Cl.Cl. The van der Waals surface area contributed by atoms with Crippen LogP contribution in [0, 0.1) is 0 Å². The molecule has 0 spiro atoms. The maximum atomic E-state index is 9.35. The van der Waals surface area contributed by atoms with Crippen molar-refractivity contribution >= 4 is 84.3 Å². The van der Waals surface area contributed by atoms with Crippen molar-refractivity contribution in [1.82, 2.24) is 0 Å². The van der Waals surface area contributed by atoms with E-state index in [0.29, 0.717) is 36.1 Å². The number of azo groups is 2. The fourth-order valence-corrected chi connectivity index (χ4v) is 4.22. The van der Waals surface area contributed by atoms with Crippen LogP contribution in [-0.2, 0) is 13.1 Å². The Morgan fingerprint density at radius 1 is 0.400 bits per heavy atom. The van der Waals surface area contributed by atoms with Crippen LogP contribution in [-0.4, -0.2) is 55.7 Å². The predicted molar refractivity (Wildman–Crippen MR) is 257 cm³/mol. The monoisotopic (exact) mass is 904 g/mol. The quantitative estimate of drug-likeness (QED) is 0.0408. The maximum Gasteiger partial charge on any atom is 0.133 e. The lowest BCUT2D eigenvalue weighted by atomic mass is 10.0. The number of aromatic hydroxyl groups is 2. The van der Waals surface area contributed by atoms with Crippen molar-refractivity contribution in [3.05, 3.63) is 120 Å². The zero-order chi connectivity index (χ0) is 41.6. The highest BCUT2D eigenvalue weighted by Crippen LogP contribution is 2.23. The molecule has 18 heteroatoms. The minimum absolute atomic E-state index is 0. The average molecular weight is 907 g/mol. The van der Waals surface area contributed by atoms with Gasteiger partial charge in [-0.05, 0) is 115 Å². The van der Waals surface area contributed by atoms with Gasteiger partial charge in [-0.25, -0.2) is 9.98 Å². The molecule has 10 N–H and O–H groups in total. The van der Waals surface area contributed by atoms with Crippen LogP contribution in [0.15, 0.2) is 150 Å². The molecule has 14 nitrogen and oxygen atoms in total. The summed E-state index contributed by atoms with van der Waals surface area (Å²) in [4.78, 5) is 17.6. The van der Waals surface area contributed by atoms with Gasteiger partial charge in [0.15, 0.2) is 0 Å². The zero-order valence-corrected chi connectivity index (χ0v) is 38.5. The van der Waals surface area contributed by atoms with Gasteiger partial charge in [0.2, 0.25) is 0 Å². The number of amidine groups is 4. The fraction of sp³-hybridized carbons (Fsp3) is 0.333. The summed E-state index contributed by atoms with van der Waals surface area (Å²) in [7, 11) is 0. The number of halogens is 4. The van der Waals surface area contributed by atoms with E-state index in [1.165, 1.54) is 24.3 Å². The second kappa shape index (κ2) is 25.4. The highest BCUT2D eigenvalue weighted by atomic mass is 35.5. The van der Waals surface area contributed by atoms with Gasteiger partial charge in [0.1, 0.15) is 57.0 Å². The lowest BCUT2D eigenvalue weighted by Gasteiger charge is -2.22. The molecule has 0 aliphatic rings. The van der Waals surface area contributed by atoms with E-state index in [0.717, 1.165) is 11.1 Å². The molecule has 4 aromatic rings. The minimum atomic E-state index is -0.867. The molecule has 0 fully saturated rings. The normalized spacial score (nSPS) is 12.9. The Kier molecular flexibility index (Phi) is 24.0. The standard InChI is InChI=1S/C22H30N6.C20H26N6O2.4ClH/c1-21(2,19(23)25-15-17-11-7-5-8-12-17)27-28-22(3,4)20(24)26-16-18-13-9-6-10-14-18;1-19(2,17(21)23-13-5-9-15(27)10-6-13)25-26-20(3,4)18(22)24-14-7-11-16(28)12-8-14;;;;/h5-14H,15-16H2,1-4H3,(H2,23,25)(H2,24,26);5-12,27-28H,1-4H3,(H2,21,23)(H2,22,24);4*1H. The number of nitrogens with zero attached hydrogens (tertiary/aromatic N) is 8. The summed E-state index contributed by atoms with van der Waals surface area (Å²) >= 11 is 0. The van der Waals surface area contributed by atoms with E-state index in [1.54, 1.807) is 52.0 Å². The molecule has 328 valence electrons. The Bertz CT molecular complexity index is 1910. The highest BCUT2D eigenvalue weighted by Gasteiger charge is 2.28. The molecule has 0 saturated carbocycles. The first-order chi connectivity index (χ1) is 26.2. The van der Waals surface area contributed by atoms with Crippen LogP contribution in [0.3, 0.4) is 0 Å². The molecule has 0 aliphatic heterocycles. The van der Waals surface area contributed by atoms with Gasteiger partial charge in [-0.3, -0.25) is 9.98 Å². The molecule has 0 amide bonds. The van der Waals surface area contributed by atoms with E-state index in [-0.39, 0.29) is 72.8 Å². The van der Waals surface area contributed by atoms with Crippen molar-refractivity contribution in [2.75, 3.05) is 0 Å². The van der Waals surface area contributed by atoms with Crippen molar-refractivity contribution in [2.45, 2.75) is 90.6 Å². The Morgan fingerprint density at radius 3 is 0.917 bits per heavy atom. The van der Waals surface area contributed by atoms with Gasteiger partial charge in [0, 0.05) is 0 Å². The molecular formula is C42H60Cl4N12O2. The van der Waals surface area contributed by atoms with Crippen molar-refractivity contribution in [2.24, 2.45) is 63.4 Å². The maximum absolute atomic E-state index is 9.35. The number of phenols is 2. The van der Waals surface area contributed by atoms with Gasteiger partial charge in [-0.15, -0.1) is 49.6 Å². The van der Waals surface area contributed by atoms with Gasteiger partial charge in [-0.1, -0.05) is 60.7 Å². The number of hydrogen-bond acceptors (Lipinski definition) is 10. The van der Waals surface area contributed by atoms with E-state index >= 15 is 0 Å². The Morgan fingerprint density at radius 2 is 0.650 bits per heavy atom. The van der Waals surface area contributed by atoms with E-state index < -0.39 is 22.2 Å². The molecule has 0 aliphatic carbocycles. The summed E-state index contributed by atoms with van der Waals surface area (Å²) in [5.41, 5.74) is 24.8. The van der Waals surface area contributed by atoms with E-state index in [9.17, 15) is 10.2 Å². The lowest BCUT2D eigenvalue weighted by Crippen LogP contribution is -2.40. The summed E-state index contributed by atoms with van der Waals surface area (Å²) in [5, 5.41) is 36.2. The molecule has 0 unspecified atom stereocenters. The third-order valence-corrected chi connectivity index (χ3v) is 8.36. The summed E-state index contributed by atoms with van der Waals surface area (Å²) < 4.78 is 0. The number of rotatable bonds is 14. The second-order valence-electron chi connectivity index (χ2n) is 15.0. The van der Waals surface area contributed by atoms with Crippen LogP contribution in [0.2, 0.25) is 0 Å². The summed E-state index contributed by atoms with van der Waals surface area (Å²) in [6, 6.07) is 32.7. The number of benzene rings is 4. The minimum Gasteiger partial charge on any atom is -0.508 e. The Balaban J connectivity index is 0. The summed E-state index contributed by atoms with van der Waals surface area (Å²) in [5.74, 6) is 1.70. The lowest BCUT2D eigenvalue weighted by molar-refractivity contribution is 0.475. The molecule has 0 heterocycles. The number of hydrogen-bond donors (Lipinski definition) is 6. The van der Waals surface area contributed by atoms with E-state index in [2.05, 4.69) is 40.4 Å².